The molecule has 2 nitrogen and oxygen atoms in total. The predicted molar refractivity (Wildman–Crippen MR) is 64.3 cm³/mol. The van der Waals surface area contributed by atoms with Crippen molar-refractivity contribution in [3.8, 4) is 5.75 Å². The summed E-state index contributed by atoms with van der Waals surface area (Å²) in [6, 6.07) is 8.30. The largest absolute Gasteiger partial charge is 0.494 e. The van der Waals surface area contributed by atoms with Gasteiger partial charge in [0.2, 0.25) is 0 Å². The van der Waals surface area contributed by atoms with Gasteiger partial charge in [-0.3, -0.25) is 0 Å². The van der Waals surface area contributed by atoms with Crippen LogP contribution in [-0.4, -0.2) is 13.2 Å². The van der Waals surface area contributed by atoms with Crippen LogP contribution in [0, 0.1) is 0 Å². The molecule has 15 heavy (non-hydrogen) atoms. The molecule has 0 aliphatic carbocycles. The van der Waals surface area contributed by atoms with Crippen LogP contribution in [-0.2, 0) is 0 Å². The molecule has 0 aliphatic rings. The van der Waals surface area contributed by atoms with Gasteiger partial charge in [-0.1, -0.05) is 26.0 Å². The summed E-state index contributed by atoms with van der Waals surface area (Å²) >= 11 is 0. The van der Waals surface area contributed by atoms with E-state index in [-0.39, 0.29) is 0 Å². The second kappa shape index (κ2) is 6.46. The smallest absolute Gasteiger partial charge is 0.119 e. The highest BCUT2D eigenvalue weighted by Crippen LogP contribution is 2.21. The zero-order chi connectivity index (χ0) is 11.1. The van der Waals surface area contributed by atoms with Crippen LogP contribution in [0.15, 0.2) is 24.3 Å². The summed E-state index contributed by atoms with van der Waals surface area (Å²) in [6.45, 7) is 5.77. The molecule has 1 aromatic rings. The summed E-state index contributed by atoms with van der Waals surface area (Å²) in [4.78, 5) is 0. The molecule has 0 spiro atoms. The molecule has 0 saturated heterocycles. The average Bonchev–Trinajstić information content (AvgIpc) is 2.29. The number of hydrogen-bond donors (Lipinski definition) is 1. The van der Waals surface area contributed by atoms with Crippen LogP contribution in [0.2, 0.25) is 0 Å². The zero-order valence-corrected chi connectivity index (χ0v) is 9.70. The molecule has 1 atom stereocenters. The summed E-state index contributed by atoms with van der Waals surface area (Å²) in [6.07, 6.45) is 2.13. The normalized spacial score (nSPS) is 12.5. The minimum Gasteiger partial charge on any atom is -0.494 e. The van der Waals surface area contributed by atoms with Crippen molar-refractivity contribution in [1.82, 2.24) is 0 Å². The van der Waals surface area contributed by atoms with E-state index in [1.165, 1.54) is 5.56 Å². The average molecular weight is 207 g/mol. The first-order valence-corrected chi connectivity index (χ1v) is 5.74. The predicted octanol–water partition coefficient (Wildman–Crippen LogP) is 2.93. The Balaban J connectivity index is 2.62. The van der Waals surface area contributed by atoms with Crippen LogP contribution >= 0.6 is 0 Å². The lowest BCUT2D eigenvalue weighted by Gasteiger charge is -2.13. The van der Waals surface area contributed by atoms with Crippen LogP contribution in [0.1, 0.15) is 38.2 Å². The molecule has 0 saturated carbocycles. The van der Waals surface area contributed by atoms with Gasteiger partial charge in [-0.2, -0.15) is 0 Å². The fourth-order valence-corrected chi connectivity index (χ4v) is 1.59. The van der Waals surface area contributed by atoms with Gasteiger partial charge in [-0.25, -0.2) is 0 Å². The Morgan fingerprint density at radius 2 is 1.87 bits per heavy atom. The summed E-state index contributed by atoms with van der Waals surface area (Å²) in [7, 11) is 0. The molecule has 2 heteroatoms. The van der Waals surface area contributed by atoms with Crippen molar-refractivity contribution in [1.29, 1.82) is 0 Å². The minimum atomic E-state index is 0.477. The zero-order valence-electron chi connectivity index (χ0n) is 9.70. The van der Waals surface area contributed by atoms with E-state index in [1.54, 1.807) is 0 Å². The van der Waals surface area contributed by atoms with Gasteiger partial charge in [-0.15, -0.1) is 0 Å². The third-order valence-corrected chi connectivity index (χ3v) is 2.60. The maximum Gasteiger partial charge on any atom is 0.119 e. The Bertz CT molecular complexity index is 264. The number of nitrogens with two attached hydrogens (primary N) is 1. The Hall–Kier alpha value is -1.02. The van der Waals surface area contributed by atoms with E-state index >= 15 is 0 Å². The highest BCUT2D eigenvalue weighted by Gasteiger charge is 2.06. The Morgan fingerprint density at radius 3 is 2.33 bits per heavy atom. The Kier molecular flexibility index (Phi) is 5.19. The first-order valence-electron chi connectivity index (χ1n) is 5.74. The van der Waals surface area contributed by atoms with Gasteiger partial charge in [0.15, 0.2) is 0 Å². The first-order chi connectivity index (χ1) is 7.31. The topological polar surface area (TPSA) is 35.2 Å². The van der Waals surface area contributed by atoms with Gasteiger partial charge in [0.1, 0.15) is 5.75 Å². The van der Waals surface area contributed by atoms with E-state index in [0.29, 0.717) is 12.5 Å². The first kappa shape index (κ1) is 12.1. The molecule has 1 rings (SSSR count). The summed E-state index contributed by atoms with van der Waals surface area (Å²) in [5.74, 6) is 1.43. The van der Waals surface area contributed by atoms with Crippen LogP contribution in [0.4, 0.5) is 0 Å². The highest BCUT2D eigenvalue weighted by atomic mass is 16.5. The Morgan fingerprint density at radius 1 is 1.20 bits per heavy atom. The molecule has 0 radical (unpaired) electrons. The van der Waals surface area contributed by atoms with Crippen LogP contribution in [0.3, 0.4) is 0 Å². The van der Waals surface area contributed by atoms with Crippen molar-refractivity contribution in [2.45, 2.75) is 32.6 Å². The van der Waals surface area contributed by atoms with Crippen molar-refractivity contribution in [3.05, 3.63) is 29.8 Å². The van der Waals surface area contributed by atoms with E-state index < -0.39 is 0 Å². The van der Waals surface area contributed by atoms with E-state index in [2.05, 4.69) is 26.0 Å². The molecular formula is C13H21NO. The third kappa shape index (κ3) is 3.56. The van der Waals surface area contributed by atoms with Crippen molar-refractivity contribution >= 4 is 0 Å². The van der Waals surface area contributed by atoms with E-state index in [0.717, 1.165) is 25.2 Å². The van der Waals surface area contributed by atoms with Crippen molar-refractivity contribution < 1.29 is 4.74 Å². The standard InChI is InChI=1S/C13H21NO/c1-3-9-15-13-7-5-12(6-8-13)11(4-2)10-14/h5-8,11H,3-4,9-10,14H2,1-2H3. The Labute approximate surface area is 92.4 Å². The second-order valence-electron chi connectivity index (χ2n) is 3.76. The fraction of sp³-hybridized carbons (Fsp3) is 0.538. The molecule has 0 amide bonds. The molecule has 1 aromatic carbocycles. The maximum absolute atomic E-state index is 5.70. The molecule has 1 unspecified atom stereocenters. The van der Waals surface area contributed by atoms with Gasteiger partial charge in [-0.05, 0) is 43.0 Å². The summed E-state index contributed by atoms with van der Waals surface area (Å²) < 4.78 is 5.53. The SMILES string of the molecule is CCCOc1ccc(C(CC)CN)cc1. The van der Waals surface area contributed by atoms with Gasteiger partial charge >= 0.3 is 0 Å². The van der Waals surface area contributed by atoms with Crippen molar-refractivity contribution in [2.75, 3.05) is 13.2 Å². The fourth-order valence-electron chi connectivity index (χ4n) is 1.59. The molecule has 0 fully saturated rings. The number of hydrogen-bond acceptors (Lipinski definition) is 2. The van der Waals surface area contributed by atoms with E-state index in [1.807, 2.05) is 12.1 Å². The third-order valence-electron chi connectivity index (χ3n) is 2.60. The van der Waals surface area contributed by atoms with E-state index in [4.69, 9.17) is 10.5 Å². The molecule has 84 valence electrons. The number of ether oxygens (including phenoxy) is 1. The van der Waals surface area contributed by atoms with Crippen molar-refractivity contribution in [3.63, 3.8) is 0 Å². The maximum atomic E-state index is 5.70. The monoisotopic (exact) mass is 207 g/mol. The lowest BCUT2D eigenvalue weighted by atomic mass is 9.97. The summed E-state index contributed by atoms with van der Waals surface area (Å²) in [5.41, 5.74) is 7.01. The molecule has 2 N–H and O–H groups in total. The van der Waals surface area contributed by atoms with Crippen LogP contribution < -0.4 is 10.5 Å². The molecule has 0 aliphatic heterocycles. The summed E-state index contributed by atoms with van der Waals surface area (Å²) in [5, 5.41) is 0. The highest BCUT2D eigenvalue weighted by molar-refractivity contribution is 5.29. The van der Waals surface area contributed by atoms with Crippen molar-refractivity contribution in [2.24, 2.45) is 5.73 Å². The molecule has 0 aromatic heterocycles. The number of rotatable bonds is 6. The lowest BCUT2D eigenvalue weighted by molar-refractivity contribution is 0.317. The second-order valence-corrected chi connectivity index (χ2v) is 3.76. The van der Waals surface area contributed by atoms with Crippen LogP contribution in [0.25, 0.3) is 0 Å². The molecule has 0 heterocycles. The van der Waals surface area contributed by atoms with Gasteiger partial charge in [0, 0.05) is 0 Å². The van der Waals surface area contributed by atoms with Gasteiger partial charge in [0.05, 0.1) is 6.61 Å². The van der Waals surface area contributed by atoms with Gasteiger partial charge in [0.25, 0.3) is 0 Å². The van der Waals surface area contributed by atoms with E-state index in [9.17, 15) is 0 Å². The van der Waals surface area contributed by atoms with Gasteiger partial charge < -0.3 is 10.5 Å². The number of benzene rings is 1. The molecule has 0 bridgehead atoms. The molecular weight excluding hydrogens is 186 g/mol. The quantitative estimate of drug-likeness (QED) is 0.778. The van der Waals surface area contributed by atoms with Crippen LogP contribution in [0.5, 0.6) is 5.75 Å². The lowest BCUT2D eigenvalue weighted by Crippen LogP contribution is -2.11. The minimum absolute atomic E-state index is 0.477.